The second kappa shape index (κ2) is 5.95. The standard InChI is InChI=1S/C14H17N5/c1-19(9-6-11-4-2-3-7-17-11)12-5-8-18-13(10-12)14(15)16/h2-5,7-8,10H,6,9H2,1H3,(H3,15,16). The monoisotopic (exact) mass is 255 g/mol. The van der Waals surface area contributed by atoms with Crippen LogP contribution >= 0.6 is 0 Å². The van der Waals surface area contributed by atoms with Crippen LogP contribution in [0, 0.1) is 5.41 Å². The van der Waals surface area contributed by atoms with Crippen molar-refractivity contribution in [2.24, 2.45) is 5.73 Å². The number of nitrogen functional groups attached to an aromatic ring is 1. The lowest BCUT2D eigenvalue weighted by Crippen LogP contribution is -2.22. The van der Waals surface area contributed by atoms with E-state index in [9.17, 15) is 0 Å². The van der Waals surface area contributed by atoms with Crippen LogP contribution in [0.5, 0.6) is 0 Å². The van der Waals surface area contributed by atoms with Gasteiger partial charge in [0.15, 0.2) is 0 Å². The first-order chi connectivity index (χ1) is 9.16. The number of pyridine rings is 2. The average molecular weight is 255 g/mol. The van der Waals surface area contributed by atoms with Gasteiger partial charge < -0.3 is 10.6 Å². The van der Waals surface area contributed by atoms with Gasteiger partial charge in [0.25, 0.3) is 0 Å². The van der Waals surface area contributed by atoms with E-state index in [-0.39, 0.29) is 5.84 Å². The van der Waals surface area contributed by atoms with E-state index in [1.165, 1.54) is 0 Å². The summed E-state index contributed by atoms with van der Waals surface area (Å²) in [6.07, 6.45) is 4.34. The van der Waals surface area contributed by atoms with E-state index >= 15 is 0 Å². The summed E-state index contributed by atoms with van der Waals surface area (Å²) in [7, 11) is 2.00. The van der Waals surface area contributed by atoms with Gasteiger partial charge in [-0.25, -0.2) is 0 Å². The molecule has 5 heteroatoms. The third kappa shape index (κ3) is 3.51. The maximum Gasteiger partial charge on any atom is 0.141 e. The maximum atomic E-state index is 7.40. The molecule has 0 spiro atoms. The molecule has 5 nitrogen and oxygen atoms in total. The molecule has 3 N–H and O–H groups in total. The topological polar surface area (TPSA) is 78.9 Å². The molecular formula is C14H17N5. The summed E-state index contributed by atoms with van der Waals surface area (Å²) < 4.78 is 0. The highest BCUT2D eigenvalue weighted by Crippen LogP contribution is 2.13. The maximum absolute atomic E-state index is 7.40. The number of hydrogen-bond donors (Lipinski definition) is 2. The van der Waals surface area contributed by atoms with Crippen LogP contribution < -0.4 is 10.6 Å². The van der Waals surface area contributed by atoms with Gasteiger partial charge in [0, 0.05) is 43.8 Å². The summed E-state index contributed by atoms with van der Waals surface area (Å²) in [6, 6.07) is 9.64. The fourth-order valence-corrected chi connectivity index (χ4v) is 1.76. The van der Waals surface area contributed by atoms with E-state index < -0.39 is 0 Å². The smallest absolute Gasteiger partial charge is 0.141 e. The second-order valence-corrected chi connectivity index (χ2v) is 4.31. The normalized spacial score (nSPS) is 10.2. The quantitative estimate of drug-likeness (QED) is 0.626. The van der Waals surface area contributed by atoms with Crippen LogP contribution in [-0.4, -0.2) is 29.4 Å². The summed E-state index contributed by atoms with van der Waals surface area (Å²) in [5.41, 5.74) is 8.00. The predicted octanol–water partition coefficient (Wildman–Crippen LogP) is 1.44. The molecule has 0 aliphatic heterocycles. The van der Waals surface area contributed by atoms with E-state index in [1.807, 2.05) is 37.4 Å². The number of nitrogens with zero attached hydrogens (tertiary/aromatic N) is 3. The van der Waals surface area contributed by atoms with Crippen molar-refractivity contribution < 1.29 is 0 Å². The minimum atomic E-state index is -0.0139. The Balaban J connectivity index is 2.02. The molecule has 0 saturated heterocycles. The lowest BCUT2D eigenvalue weighted by molar-refractivity contribution is 0.851. The number of likely N-dealkylation sites (N-methyl/N-ethyl adjacent to an activating group) is 1. The van der Waals surface area contributed by atoms with Crippen LogP contribution in [0.2, 0.25) is 0 Å². The van der Waals surface area contributed by atoms with Gasteiger partial charge >= 0.3 is 0 Å². The third-order valence-electron chi connectivity index (χ3n) is 2.89. The van der Waals surface area contributed by atoms with E-state index in [4.69, 9.17) is 11.1 Å². The Labute approximate surface area is 112 Å². The summed E-state index contributed by atoms with van der Waals surface area (Å²) >= 11 is 0. The molecule has 98 valence electrons. The van der Waals surface area contributed by atoms with Gasteiger partial charge in [0.1, 0.15) is 11.5 Å². The molecule has 2 aromatic rings. The molecule has 19 heavy (non-hydrogen) atoms. The Morgan fingerprint density at radius 1 is 1.26 bits per heavy atom. The van der Waals surface area contributed by atoms with Crippen LogP contribution in [0.15, 0.2) is 42.7 Å². The van der Waals surface area contributed by atoms with Crippen molar-refractivity contribution in [1.29, 1.82) is 5.41 Å². The number of rotatable bonds is 5. The van der Waals surface area contributed by atoms with Gasteiger partial charge in [0.05, 0.1) is 0 Å². The Morgan fingerprint density at radius 3 is 2.79 bits per heavy atom. The number of aromatic nitrogens is 2. The van der Waals surface area contributed by atoms with Crippen molar-refractivity contribution in [1.82, 2.24) is 9.97 Å². The van der Waals surface area contributed by atoms with Crippen molar-refractivity contribution in [3.05, 3.63) is 54.1 Å². The molecule has 0 aliphatic rings. The van der Waals surface area contributed by atoms with Gasteiger partial charge in [-0.2, -0.15) is 0 Å². The molecule has 0 aromatic carbocycles. The molecule has 0 aliphatic carbocycles. The highest BCUT2D eigenvalue weighted by atomic mass is 15.1. The van der Waals surface area contributed by atoms with Crippen molar-refractivity contribution in [3.63, 3.8) is 0 Å². The SMILES string of the molecule is CN(CCc1ccccn1)c1ccnc(C(=N)N)c1. The van der Waals surface area contributed by atoms with Gasteiger partial charge in [-0.15, -0.1) is 0 Å². The van der Waals surface area contributed by atoms with Gasteiger partial charge in [0.2, 0.25) is 0 Å². The highest BCUT2D eigenvalue weighted by Gasteiger charge is 2.05. The first kappa shape index (κ1) is 13.0. The zero-order chi connectivity index (χ0) is 13.7. The van der Waals surface area contributed by atoms with Gasteiger partial charge in [-0.05, 0) is 24.3 Å². The lowest BCUT2D eigenvalue weighted by Gasteiger charge is -2.19. The molecule has 0 fully saturated rings. The van der Waals surface area contributed by atoms with Crippen LogP contribution in [0.25, 0.3) is 0 Å². The molecule has 0 unspecified atom stereocenters. The molecule has 2 heterocycles. The van der Waals surface area contributed by atoms with Gasteiger partial charge in [-0.1, -0.05) is 6.07 Å². The Bertz CT molecular complexity index is 553. The zero-order valence-corrected chi connectivity index (χ0v) is 10.9. The van der Waals surface area contributed by atoms with Crippen LogP contribution in [0.1, 0.15) is 11.4 Å². The second-order valence-electron chi connectivity index (χ2n) is 4.31. The zero-order valence-electron chi connectivity index (χ0n) is 10.9. The molecule has 0 saturated carbocycles. The van der Waals surface area contributed by atoms with Crippen molar-refractivity contribution in [2.45, 2.75) is 6.42 Å². The number of amidine groups is 1. The third-order valence-corrected chi connectivity index (χ3v) is 2.89. The van der Waals surface area contributed by atoms with E-state index in [0.717, 1.165) is 24.3 Å². The molecule has 0 amide bonds. The lowest BCUT2D eigenvalue weighted by atomic mass is 10.2. The fourth-order valence-electron chi connectivity index (χ4n) is 1.76. The Hall–Kier alpha value is -2.43. The van der Waals surface area contributed by atoms with Crippen LogP contribution in [0.4, 0.5) is 5.69 Å². The van der Waals surface area contributed by atoms with Gasteiger partial charge in [-0.3, -0.25) is 15.4 Å². The number of nitrogens with one attached hydrogen (secondary N) is 1. The Kier molecular flexibility index (Phi) is 4.07. The molecule has 0 bridgehead atoms. The van der Waals surface area contributed by atoms with E-state index in [2.05, 4.69) is 14.9 Å². The number of anilines is 1. The van der Waals surface area contributed by atoms with Crippen molar-refractivity contribution in [3.8, 4) is 0 Å². The largest absolute Gasteiger partial charge is 0.382 e. The first-order valence-corrected chi connectivity index (χ1v) is 6.08. The highest BCUT2D eigenvalue weighted by molar-refractivity contribution is 5.93. The van der Waals surface area contributed by atoms with E-state index in [1.54, 1.807) is 12.4 Å². The number of nitrogens with two attached hydrogens (primary N) is 1. The summed E-state index contributed by atoms with van der Waals surface area (Å²) in [4.78, 5) is 10.4. The fraction of sp³-hybridized carbons (Fsp3) is 0.214. The number of hydrogen-bond acceptors (Lipinski definition) is 4. The first-order valence-electron chi connectivity index (χ1n) is 6.08. The van der Waals surface area contributed by atoms with E-state index in [0.29, 0.717) is 5.69 Å². The summed E-state index contributed by atoms with van der Waals surface area (Å²) in [6.45, 7) is 0.846. The van der Waals surface area contributed by atoms with Crippen molar-refractivity contribution >= 4 is 11.5 Å². The molecule has 0 atom stereocenters. The van der Waals surface area contributed by atoms with Crippen LogP contribution in [-0.2, 0) is 6.42 Å². The molecule has 2 aromatic heterocycles. The molecule has 2 rings (SSSR count). The molecular weight excluding hydrogens is 238 g/mol. The van der Waals surface area contributed by atoms with Crippen molar-refractivity contribution in [2.75, 3.05) is 18.5 Å². The minimum absolute atomic E-state index is 0.0139. The minimum Gasteiger partial charge on any atom is -0.382 e. The van der Waals surface area contributed by atoms with Crippen LogP contribution in [0.3, 0.4) is 0 Å². The average Bonchev–Trinajstić information content (AvgIpc) is 2.46. The Morgan fingerprint density at radius 2 is 2.11 bits per heavy atom. The molecule has 0 radical (unpaired) electrons. The predicted molar refractivity (Wildman–Crippen MR) is 76.5 cm³/mol. The summed E-state index contributed by atoms with van der Waals surface area (Å²) in [5, 5.41) is 7.40. The summed E-state index contributed by atoms with van der Waals surface area (Å²) in [5.74, 6) is -0.0139.